The molecule has 3 N–H and O–H groups in total. The van der Waals surface area contributed by atoms with Crippen molar-refractivity contribution < 1.29 is 19.1 Å². The van der Waals surface area contributed by atoms with Gasteiger partial charge in [-0.15, -0.1) is 0 Å². The molecular formula is C23H29N3O4S. The Morgan fingerprint density at radius 1 is 1.03 bits per heavy atom. The van der Waals surface area contributed by atoms with E-state index < -0.39 is 0 Å². The van der Waals surface area contributed by atoms with Gasteiger partial charge in [0.15, 0.2) is 5.11 Å². The topological polar surface area (TPSA) is 88.7 Å². The van der Waals surface area contributed by atoms with Crippen molar-refractivity contribution in [3.05, 3.63) is 48.0 Å². The molecule has 31 heavy (non-hydrogen) atoms. The Balaban J connectivity index is 2.01. The van der Waals surface area contributed by atoms with Gasteiger partial charge in [-0.1, -0.05) is 33.8 Å². The second-order valence-electron chi connectivity index (χ2n) is 7.70. The van der Waals surface area contributed by atoms with Gasteiger partial charge < -0.3 is 20.1 Å². The van der Waals surface area contributed by atoms with Crippen molar-refractivity contribution in [2.75, 3.05) is 24.4 Å². The molecule has 0 aliphatic rings. The first kappa shape index (κ1) is 24.1. The molecule has 166 valence electrons. The number of benzene rings is 2. The molecule has 0 fully saturated rings. The van der Waals surface area contributed by atoms with E-state index in [-0.39, 0.29) is 22.8 Å². The fourth-order valence-corrected chi connectivity index (χ4v) is 2.69. The number of methoxy groups -OCH3 is 1. The highest BCUT2D eigenvalue weighted by Crippen LogP contribution is 2.28. The molecule has 2 aromatic carbocycles. The maximum atomic E-state index is 12.5. The number of hydrogen-bond donors (Lipinski definition) is 3. The standard InChI is InChI=1S/C23H29N3O4S/c1-14(2)13-30-18-8-6-7-16(11-18)22(28)26-23(31)24-17-9-10-19(20(12-17)29-5)25-21(27)15(3)4/h6-12,14-15H,13H2,1-5H3,(H,25,27)(H2,24,26,28,31). The molecule has 2 rings (SSSR count). The van der Waals surface area contributed by atoms with E-state index in [0.29, 0.717) is 41.0 Å². The van der Waals surface area contributed by atoms with Gasteiger partial charge in [0.05, 0.1) is 19.4 Å². The molecule has 0 bridgehead atoms. The second-order valence-corrected chi connectivity index (χ2v) is 8.11. The van der Waals surface area contributed by atoms with Crippen LogP contribution in [0, 0.1) is 11.8 Å². The van der Waals surface area contributed by atoms with Crippen LogP contribution in [0.3, 0.4) is 0 Å². The van der Waals surface area contributed by atoms with E-state index in [4.69, 9.17) is 21.7 Å². The van der Waals surface area contributed by atoms with Crippen LogP contribution in [-0.4, -0.2) is 30.6 Å². The molecule has 0 aromatic heterocycles. The van der Waals surface area contributed by atoms with Crippen LogP contribution in [0.15, 0.2) is 42.5 Å². The van der Waals surface area contributed by atoms with Crippen LogP contribution in [0.4, 0.5) is 11.4 Å². The Labute approximate surface area is 188 Å². The Morgan fingerprint density at radius 2 is 1.77 bits per heavy atom. The third-order valence-corrected chi connectivity index (χ3v) is 4.35. The molecule has 0 radical (unpaired) electrons. The number of hydrogen-bond acceptors (Lipinski definition) is 5. The molecule has 0 saturated heterocycles. The summed E-state index contributed by atoms with van der Waals surface area (Å²) < 4.78 is 11.0. The number of carbonyl (C=O) groups excluding carboxylic acids is 2. The number of ether oxygens (including phenoxy) is 2. The maximum absolute atomic E-state index is 12.5. The van der Waals surface area contributed by atoms with Crippen molar-refractivity contribution in [1.82, 2.24) is 5.32 Å². The van der Waals surface area contributed by atoms with Gasteiger partial charge in [0.1, 0.15) is 11.5 Å². The van der Waals surface area contributed by atoms with Gasteiger partial charge in [-0.25, -0.2) is 0 Å². The fourth-order valence-electron chi connectivity index (χ4n) is 2.48. The Kier molecular flexibility index (Phi) is 8.81. The molecule has 0 heterocycles. The van der Waals surface area contributed by atoms with E-state index in [9.17, 15) is 9.59 Å². The molecule has 2 amide bonds. The molecule has 8 heteroatoms. The SMILES string of the molecule is COc1cc(NC(=S)NC(=O)c2cccc(OCC(C)C)c2)ccc1NC(=O)C(C)C. The van der Waals surface area contributed by atoms with E-state index in [1.54, 1.807) is 36.4 Å². The Bertz CT molecular complexity index is 944. The average molecular weight is 444 g/mol. The Morgan fingerprint density at radius 3 is 2.42 bits per heavy atom. The summed E-state index contributed by atoms with van der Waals surface area (Å²) in [6, 6.07) is 12.1. The monoisotopic (exact) mass is 443 g/mol. The van der Waals surface area contributed by atoms with Gasteiger partial charge in [0.2, 0.25) is 5.91 Å². The highest BCUT2D eigenvalue weighted by atomic mass is 32.1. The summed E-state index contributed by atoms with van der Waals surface area (Å²) >= 11 is 5.26. The van der Waals surface area contributed by atoms with E-state index in [2.05, 4.69) is 29.8 Å². The predicted octanol–water partition coefficient (Wildman–Crippen LogP) is 4.45. The molecule has 0 aliphatic heterocycles. The quantitative estimate of drug-likeness (QED) is 0.523. The summed E-state index contributed by atoms with van der Waals surface area (Å²) in [5.74, 6) is 0.879. The van der Waals surface area contributed by atoms with Gasteiger partial charge >= 0.3 is 0 Å². The molecular weight excluding hydrogens is 414 g/mol. The lowest BCUT2D eigenvalue weighted by molar-refractivity contribution is -0.118. The highest BCUT2D eigenvalue weighted by Gasteiger charge is 2.13. The largest absolute Gasteiger partial charge is 0.494 e. The van der Waals surface area contributed by atoms with Crippen LogP contribution < -0.4 is 25.4 Å². The summed E-state index contributed by atoms with van der Waals surface area (Å²) in [6.45, 7) is 8.30. The minimum Gasteiger partial charge on any atom is -0.494 e. The predicted molar refractivity (Wildman–Crippen MR) is 127 cm³/mol. The van der Waals surface area contributed by atoms with Crippen LogP contribution in [0.2, 0.25) is 0 Å². The smallest absolute Gasteiger partial charge is 0.257 e. The molecule has 0 atom stereocenters. The van der Waals surface area contributed by atoms with Gasteiger partial charge in [0.25, 0.3) is 5.91 Å². The van der Waals surface area contributed by atoms with Crippen LogP contribution in [0.25, 0.3) is 0 Å². The fraction of sp³-hybridized carbons (Fsp3) is 0.348. The minimum atomic E-state index is -0.347. The average Bonchev–Trinajstić information content (AvgIpc) is 2.73. The van der Waals surface area contributed by atoms with Crippen molar-refractivity contribution in [2.24, 2.45) is 11.8 Å². The second kappa shape index (κ2) is 11.3. The van der Waals surface area contributed by atoms with Gasteiger partial charge in [-0.2, -0.15) is 0 Å². The molecule has 0 unspecified atom stereocenters. The van der Waals surface area contributed by atoms with Crippen molar-refractivity contribution in [3.8, 4) is 11.5 Å². The number of amides is 2. The maximum Gasteiger partial charge on any atom is 0.257 e. The van der Waals surface area contributed by atoms with E-state index >= 15 is 0 Å². The first-order valence-corrected chi connectivity index (χ1v) is 10.4. The summed E-state index contributed by atoms with van der Waals surface area (Å²) in [5.41, 5.74) is 1.60. The van der Waals surface area contributed by atoms with E-state index in [1.807, 2.05) is 19.9 Å². The Hall–Kier alpha value is -3.13. The number of nitrogens with one attached hydrogen (secondary N) is 3. The number of anilines is 2. The van der Waals surface area contributed by atoms with Crippen LogP contribution >= 0.6 is 12.2 Å². The number of thiocarbonyl (C=S) groups is 1. The normalized spacial score (nSPS) is 10.5. The van der Waals surface area contributed by atoms with Crippen LogP contribution in [0.1, 0.15) is 38.1 Å². The van der Waals surface area contributed by atoms with Crippen molar-refractivity contribution in [2.45, 2.75) is 27.7 Å². The van der Waals surface area contributed by atoms with Crippen LogP contribution in [-0.2, 0) is 4.79 Å². The zero-order valence-electron chi connectivity index (χ0n) is 18.4. The van der Waals surface area contributed by atoms with E-state index in [0.717, 1.165) is 0 Å². The summed E-state index contributed by atoms with van der Waals surface area (Å²) in [4.78, 5) is 24.5. The molecule has 0 saturated carbocycles. The molecule has 2 aromatic rings. The number of rotatable bonds is 8. The molecule has 7 nitrogen and oxygen atoms in total. The first-order chi connectivity index (χ1) is 14.7. The highest BCUT2D eigenvalue weighted by molar-refractivity contribution is 7.80. The lowest BCUT2D eigenvalue weighted by Crippen LogP contribution is -2.34. The van der Waals surface area contributed by atoms with E-state index in [1.165, 1.54) is 7.11 Å². The zero-order valence-corrected chi connectivity index (χ0v) is 19.3. The van der Waals surface area contributed by atoms with Crippen molar-refractivity contribution in [3.63, 3.8) is 0 Å². The first-order valence-electron chi connectivity index (χ1n) is 10.0. The van der Waals surface area contributed by atoms with Crippen molar-refractivity contribution in [1.29, 1.82) is 0 Å². The third-order valence-electron chi connectivity index (χ3n) is 4.15. The summed E-state index contributed by atoms with van der Waals surface area (Å²) in [5, 5.41) is 8.55. The van der Waals surface area contributed by atoms with Gasteiger partial charge in [-0.05, 0) is 48.5 Å². The lowest BCUT2D eigenvalue weighted by atomic mass is 10.2. The molecule has 0 aliphatic carbocycles. The number of carbonyl (C=O) groups is 2. The third kappa shape index (κ3) is 7.57. The lowest BCUT2D eigenvalue weighted by Gasteiger charge is -2.15. The minimum absolute atomic E-state index is 0.110. The van der Waals surface area contributed by atoms with Crippen molar-refractivity contribution >= 4 is 40.5 Å². The molecule has 0 spiro atoms. The summed E-state index contributed by atoms with van der Waals surface area (Å²) in [6.07, 6.45) is 0. The van der Waals surface area contributed by atoms with Gasteiger partial charge in [-0.3, -0.25) is 14.9 Å². The van der Waals surface area contributed by atoms with Crippen LogP contribution in [0.5, 0.6) is 11.5 Å². The van der Waals surface area contributed by atoms with Gasteiger partial charge in [0, 0.05) is 23.2 Å². The zero-order chi connectivity index (χ0) is 23.0. The summed E-state index contributed by atoms with van der Waals surface area (Å²) in [7, 11) is 1.51.